The third-order valence-corrected chi connectivity index (χ3v) is 5.28. The maximum atomic E-state index is 12.7. The van der Waals surface area contributed by atoms with Crippen LogP contribution in [-0.2, 0) is 16.1 Å². The van der Waals surface area contributed by atoms with Crippen molar-refractivity contribution in [2.24, 2.45) is 5.92 Å². The molecule has 6 heteroatoms. The summed E-state index contributed by atoms with van der Waals surface area (Å²) in [6.45, 7) is 6.69. The Morgan fingerprint density at radius 2 is 1.79 bits per heavy atom. The van der Waals surface area contributed by atoms with Crippen LogP contribution in [0.1, 0.15) is 41.8 Å². The average molecular weight is 393 g/mol. The largest absolute Gasteiger partial charge is 0.348 e. The summed E-state index contributed by atoms with van der Waals surface area (Å²) in [5.41, 5.74) is 3.00. The Bertz CT molecular complexity index is 923. The maximum absolute atomic E-state index is 12.7. The van der Waals surface area contributed by atoms with E-state index >= 15 is 0 Å². The van der Waals surface area contributed by atoms with Gasteiger partial charge >= 0.3 is 0 Å². The number of anilines is 1. The minimum Gasteiger partial charge on any atom is -0.348 e. The fraction of sp³-hybridized carbons (Fsp3) is 0.348. The van der Waals surface area contributed by atoms with Crippen LogP contribution < -0.4 is 10.6 Å². The molecule has 2 aromatic carbocycles. The van der Waals surface area contributed by atoms with Gasteiger partial charge in [-0.15, -0.1) is 0 Å². The quantitative estimate of drug-likeness (QED) is 0.791. The Morgan fingerprint density at radius 3 is 2.48 bits per heavy atom. The number of nitrogens with zero attached hydrogens (tertiary/aromatic N) is 1. The molecule has 0 aromatic heterocycles. The van der Waals surface area contributed by atoms with Crippen molar-refractivity contribution >= 4 is 23.4 Å². The van der Waals surface area contributed by atoms with E-state index in [2.05, 4.69) is 10.6 Å². The molecule has 1 aliphatic heterocycles. The van der Waals surface area contributed by atoms with Crippen LogP contribution in [0.5, 0.6) is 0 Å². The molecule has 1 saturated heterocycles. The first-order chi connectivity index (χ1) is 13.9. The maximum Gasteiger partial charge on any atom is 0.253 e. The zero-order chi connectivity index (χ0) is 21.0. The van der Waals surface area contributed by atoms with Crippen LogP contribution in [0.3, 0.4) is 0 Å². The molecule has 0 radical (unpaired) electrons. The molecule has 0 saturated carbocycles. The number of rotatable bonds is 6. The van der Waals surface area contributed by atoms with E-state index in [0.29, 0.717) is 24.3 Å². The summed E-state index contributed by atoms with van der Waals surface area (Å²) in [4.78, 5) is 39.2. The van der Waals surface area contributed by atoms with E-state index in [0.717, 1.165) is 11.1 Å². The van der Waals surface area contributed by atoms with E-state index in [1.165, 1.54) is 0 Å². The molecule has 0 bridgehead atoms. The molecular weight excluding hydrogens is 366 g/mol. The summed E-state index contributed by atoms with van der Waals surface area (Å²) in [7, 11) is 0. The topological polar surface area (TPSA) is 78.5 Å². The van der Waals surface area contributed by atoms with Gasteiger partial charge in [0.05, 0.1) is 17.2 Å². The Kier molecular flexibility index (Phi) is 6.32. The molecule has 0 spiro atoms. The molecule has 1 fully saturated rings. The highest BCUT2D eigenvalue weighted by Gasteiger charge is 2.35. The molecule has 2 N–H and O–H groups in total. The molecule has 6 nitrogen and oxygen atoms in total. The van der Waals surface area contributed by atoms with E-state index in [1.807, 2.05) is 45.0 Å². The second-order valence-electron chi connectivity index (χ2n) is 7.68. The van der Waals surface area contributed by atoms with Gasteiger partial charge in [0.25, 0.3) is 5.91 Å². The molecular formula is C23H27N3O3. The van der Waals surface area contributed by atoms with Gasteiger partial charge in [0.2, 0.25) is 11.8 Å². The second-order valence-corrected chi connectivity index (χ2v) is 7.68. The summed E-state index contributed by atoms with van der Waals surface area (Å²) < 4.78 is 0. The number of carbonyl (C=O) groups is 3. The van der Waals surface area contributed by atoms with E-state index in [9.17, 15) is 14.4 Å². The van der Waals surface area contributed by atoms with Crippen molar-refractivity contribution < 1.29 is 14.4 Å². The highest BCUT2D eigenvalue weighted by atomic mass is 16.2. The van der Waals surface area contributed by atoms with Gasteiger partial charge in [-0.3, -0.25) is 14.4 Å². The molecule has 1 heterocycles. The van der Waals surface area contributed by atoms with E-state index in [-0.39, 0.29) is 30.2 Å². The summed E-state index contributed by atoms with van der Waals surface area (Å²) in [5, 5.41) is 5.76. The zero-order valence-corrected chi connectivity index (χ0v) is 17.1. The van der Waals surface area contributed by atoms with Gasteiger partial charge in [-0.25, -0.2) is 0 Å². The smallest absolute Gasteiger partial charge is 0.253 e. The minimum absolute atomic E-state index is 0.00981. The zero-order valence-electron chi connectivity index (χ0n) is 17.1. The first kappa shape index (κ1) is 20.6. The van der Waals surface area contributed by atoms with E-state index in [1.54, 1.807) is 29.2 Å². The van der Waals surface area contributed by atoms with Gasteiger partial charge in [-0.05, 0) is 44.0 Å². The number of hydrogen-bond acceptors (Lipinski definition) is 3. The highest BCUT2D eigenvalue weighted by Crippen LogP contribution is 2.23. The number of benzene rings is 2. The molecule has 3 amide bonds. The lowest BCUT2D eigenvalue weighted by Crippen LogP contribution is -2.33. The van der Waals surface area contributed by atoms with Gasteiger partial charge < -0.3 is 15.5 Å². The van der Waals surface area contributed by atoms with Crippen molar-refractivity contribution in [3.8, 4) is 0 Å². The second kappa shape index (κ2) is 8.90. The summed E-state index contributed by atoms with van der Waals surface area (Å²) in [5.74, 6) is -0.909. The molecule has 29 heavy (non-hydrogen) atoms. The van der Waals surface area contributed by atoms with Gasteiger partial charge in [0, 0.05) is 25.6 Å². The fourth-order valence-corrected chi connectivity index (χ4v) is 3.51. The van der Waals surface area contributed by atoms with Crippen LogP contribution in [0, 0.1) is 12.8 Å². The fourth-order valence-electron chi connectivity index (χ4n) is 3.51. The third-order valence-electron chi connectivity index (χ3n) is 5.28. The first-order valence-corrected chi connectivity index (χ1v) is 9.89. The monoisotopic (exact) mass is 393 g/mol. The van der Waals surface area contributed by atoms with Crippen molar-refractivity contribution in [2.75, 3.05) is 11.9 Å². The van der Waals surface area contributed by atoms with Crippen molar-refractivity contribution in [1.29, 1.82) is 0 Å². The van der Waals surface area contributed by atoms with Gasteiger partial charge in [-0.1, -0.05) is 36.4 Å². The van der Waals surface area contributed by atoms with E-state index < -0.39 is 5.92 Å². The SMILES string of the molecule is Cc1ccccc1CNC(=O)c1ccccc1NC(=O)[C@H]1CC(=O)N(C(C)C)C1. The van der Waals surface area contributed by atoms with Crippen LogP contribution in [0.25, 0.3) is 0 Å². The van der Waals surface area contributed by atoms with Crippen LogP contribution in [0.15, 0.2) is 48.5 Å². The lowest BCUT2D eigenvalue weighted by molar-refractivity contribution is -0.129. The highest BCUT2D eigenvalue weighted by molar-refractivity contribution is 6.05. The van der Waals surface area contributed by atoms with E-state index in [4.69, 9.17) is 0 Å². The lowest BCUT2D eigenvalue weighted by Gasteiger charge is -2.20. The third kappa shape index (κ3) is 4.83. The van der Waals surface area contributed by atoms with Crippen LogP contribution >= 0.6 is 0 Å². The summed E-state index contributed by atoms with van der Waals surface area (Å²) in [6, 6.07) is 14.9. The normalized spacial score (nSPS) is 16.2. The Hall–Kier alpha value is -3.15. The molecule has 3 rings (SSSR count). The van der Waals surface area contributed by atoms with Crippen LogP contribution in [0.2, 0.25) is 0 Å². The molecule has 1 atom stereocenters. The molecule has 1 aliphatic rings. The minimum atomic E-state index is -0.409. The van der Waals surface area contributed by atoms with Gasteiger partial charge in [-0.2, -0.15) is 0 Å². The van der Waals surface area contributed by atoms with Gasteiger partial charge in [0.15, 0.2) is 0 Å². The van der Waals surface area contributed by atoms with Crippen molar-refractivity contribution in [2.45, 2.75) is 39.8 Å². The number of nitrogens with one attached hydrogen (secondary N) is 2. The van der Waals surface area contributed by atoms with Crippen molar-refractivity contribution in [3.05, 3.63) is 65.2 Å². The number of para-hydroxylation sites is 1. The molecule has 152 valence electrons. The summed E-state index contributed by atoms with van der Waals surface area (Å²) >= 11 is 0. The Balaban J connectivity index is 1.67. The molecule has 0 unspecified atom stereocenters. The first-order valence-electron chi connectivity index (χ1n) is 9.89. The standard InChI is InChI=1S/C23H27N3O3/c1-15(2)26-14-18(12-21(26)27)22(28)25-20-11-7-6-10-19(20)23(29)24-13-17-9-5-4-8-16(17)3/h4-11,15,18H,12-14H2,1-3H3,(H,24,29)(H,25,28)/t18-/m0/s1. The van der Waals surface area contributed by atoms with Crippen LogP contribution in [-0.4, -0.2) is 35.2 Å². The molecule has 2 aromatic rings. The molecule has 0 aliphatic carbocycles. The predicted molar refractivity (Wildman–Crippen MR) is 112 cm³/mol. The Morgan fingerprint density at radius 1 is 1.10 bits per heavy atom. The van der Waals surface area contributed by atoms with Crippen LogP contribution in [0.4, 0.5) is 5.69 Å². The summed E-state index contributed by atoms with van der Waals surface area (Å²) in [6.07, 6.45) is 0.200. The number of aryl methyl sites for hydroxylation is 1. The van der Waals surface area contributed by atoms with Crippen molar-refractivity contribution in [3.63, 3.8) is 0 Å². The van der Waals surface area contributed by atoms with Gasteiger partial charge in [0.1, 0.15) is 0 Å². The number of likely N-dealkylation sites (tertiary alicyclic amines) is 1. The number of hydrogen-bond donors (Lipinski definition) is 2. The lowest BCUT2D eigenvalue weighted by atomic mass is 10.1. The number of carbonyl (C=O) groups excluding carboxylic acids is 3. The Labute approximate surface area is 171 Å². The predicted octanol–water partition coefficient (Wildman–Crippen LogP) is 3.12. The number of amides is 3. The average Bonchev–Trinajstić information content (AvgIpc) is 3.10. The van der Waals surface area contributed by atoms with Crippen molar-refractivity contribution in [1.82, 2.24) is 10.2 Å².